The standard InChI is InChI=1S/C15H15N3OS/c1-10-6-5-9-17-14(10)18-15(19)12(13(16)20)11-7-3-2-4-8-11/h2-9,12H,1H3,(H2,16,20)(H,17,18,19). The van der Waals surface area contributed by atoms with E-state index in [9.17, 15) is 4.79 Å². The molecule has 0 fully saturated rings. The number of aromatic nitrogens is 1. The fraction of sp³-hybridized carbons (Fsp3) is 0.133. The van der Waals surface area contributed by atoms with Crippen LogP contribution < -0.4 is 11.1 Å². The third-order valence-electron chi connectivity index (χ3n) is 2.93. The predicted molar refractivity (Wildman–Crippen MR) is 83.6 cm³/mol. The molecular formula is C15H15N3OS. The molecule has 1 unspecified atom stereocenters. The zero-order chi connectivity index (χ0) is 14.5. The molecule has 2 rings (SSSR count). The molecule has 2 aromatic rings. The number of aryl methyl sites for hydroxylation is 1. The Bertz CT molecular complexity index is 628. The van der Waals surface area contributed by atoms with E-state index in [1.807, 2.05) is 49.4 Å². The normalized spacial score (nSPS) is 11.7. The van der Waals surface area contributed by atoms with Crippen LogP contribution in [0.5, 0.6) is 0 Å². The number of carbonyl (C=O) groups is 1. The lowest BCUT2D eigenvalue weighted by Gasteiger charge is -2.16. The van der Waals surface area contributed by atoms with Crippen molar-refractivity contribution in [2.24, 2.45) is 5.73 Å². The molecule has 0 aliphatic rings. The maximum absolute atomic E-state index is 12.4. The Balaban J connectivity index is 2.25. The minimum Gasteiger partial charge on any atom is -0.392 e. The molecule has 1 heterocycles. The molecule has 1 aromatic carbocycles. The minimum atomic E-state index is -0.660. The largest absolute Gasteiger partial charge is 0.392 e. The number of carbonyl (C=O) groups excluding carboxylic acids is 1. The van der Waals surface area contributed by atoms with Crippen LogP contribution in [0, 0.1) is 6.92 Å². The van der Waals surface area contributed by atoms with Gasteiger partial charge in [0.25, 0.3) is 0 Å². The van der Waals surface area contributed by atoms with Gasteiger partial charge in [-0.3, -0.25) is 4.79 Å². The summed E-state index contributed by atoms with van der Waals surface area (Å²) in [6.07, 6.45) is 1.63. The Hall–Kier alpha value is -2.27. The number of thiocarbonyl (C=S) groups is 1. The van der Waals surface area contributed by atoms with Gasteiger partial charge < -0.3 is 11.1 Å². The Morgan fingerprint density at radius 1 is 1.25 bits per heavy atom. The average molecular weight is 285 g/mol. The summed E-state index contributed by atoms with van der Waals surface area (Å²) in [5.41, 5.74) is 7.37. The summed E-state index contributed by atoms with van der Waals surface area (Å²) in [4.78, 5) is 16.7. The SMILES string of the molecule is Cc1cccnc1NC(=O)C(C(N)=S)c1ccccc1. The van der Waals surface area contributed by atoms with Crippen molar-refractivity contribution in [3.63, 3.8) is 0 Å². The smallest absolute Gasteiger partial charge is 0.239 e. The highest BCUT2D eigenvalue weighted by molar-refractivity contribution is 7.80. The topological polar surface area (TPSA) is 68.0 Å². The Morgan fingerprint density at radius 3 is 2.55 bits per heavy atom. The summed E-state index contributed by atoms with van der Waals surface area (Å²) in [5.74, 6) is -0.409. The molecule has 0 saturated carbocycles. The summed E-state index contributed by atoms with van der Waals surface area (Å²) in [5, 5.41) is 2.77. The summed E-state index contributed by atoms with van der Waals surface area (Å²) >= 11 is 5.02. The number of hydrogen-bond acceptors (Lipinski definition) is 3. The second-order valence-corrected chi connectivity index (χ2v) is 4.88. The van der Waals surface area contributed by atoms with Crippen LogP contribution in [-0.2, 0) is 4.79 Å². The van der Waals surface area contributed by atoms with Crippen LogP contribution in [0.4, 0.5) is 5.82 Å². The second kappa shape index (κ2) is 6.25. The highest BCUT2D eigenvalue weighted by Crippen LogP contribution is 2.19. The molecule has 102 valence electrons. The molecule has 0 saturated heterocycles. The van der Waals surface area contributed by atoms with E-state index >= 15 is 0 Å². The first-order chi connectivity index (χ1) is 9.59. The number of rotatable bonds is 4. The van der Waals surface area contributed by atoms with E-state index in [0.29, 0.717) is 5.82 Å². The molecule has 5 heteroatoms. The molecule has 0 spiro atoms. The number of anilines is 1. The molecule has 4 nitrogen and oxygen atoms in total. The van der Waals surface area contributed by atoms with Crippen LogP contribution in [0.25, 0.3) is 0 Å². The van der Waals surface area contributed by atoms with E-state index in [4.69, 9.17) is 18.0 Å². The van der Waals surface area contributed by atoms with Crippen LogP contribution in [0.15, 0.2) is 48.7 Å². The monoisotopic (exact) mass is 285 g/mol. The average Bonchev–Trinajstić information content (AvgIpc) is 2.42. The van der Waals surface area contributed by atoms with Gasteiger partial charge in [-0.25, -0.2) is 4.98 Å². The third kappa shape index (κ3) is 3.19. The number of hydrogen-bond donors (Lipinski definition) is 2. The van der Waals surface area contributed by atoms with E-state index in [0.717, 1.165) is 11.1 Å². The maximum atomic E-state index is 12.4. The lowest BCUT2D eigenvalue weighted by atomic mass is 9.98. The first-order valence-corrected chi connectivity index (χ1v) is 6.57. The molecule has 1 amide bonds. The molecule has 0 aliphatic carbocycles. The van der Waals surface area contributed by atoms with Gasteiger partial charge in [-0.15, -0.1) is 0 Å². The predicted octanol–water partition coefficient (Wildman–Crippen LogP) is 2.40. The second-order valence-electron chi connectivity index (χ2n) is 4.40. The number of nitrogens with one attached hydrogen (secondary N) is 1. The van der Waals surface area contributed by atoms with Gasteiger partial charge in [-0.2, -0.15) is 0 Å². The van der Waals surface area contributed by atoms with Crippen LogP contribution in [0.3, 0.4) is 0 Å². The molecule has 0 radical (unpaired) electrons. The number of pyridine rings is 1. The van der Waals surface area contributed by atoms with Crippen molar-refractivity contribution in [3.8, 4) is 0 Å². The lowest BCUT2D eigenvalue weighted by molar-refractivity contribution is -0.116. The Labute approximate surface area is 123 Å². The van der Waals surface area contributed by atoms with Gasteiger partial charge in [0.05, 0.1) is 4.99 Å². The number of nitrogens with zero attached hydrogens (tertiary/aromatic N) is 1. The minimum absolute atomic E-state index is 0.141. The van der Waals surface area contributed by atoms with Gasteiger partial charge in [0.15, 0.2) is 0 Å². The first kappa shape index (κ1) is 14.1. The fourth-order valence-corrected chi connectivity index (χ4v) is 2.14. The summed E-state index contributed by atoms with van der Waals surface area (Å²) in [7, 11) is 0. The maximum Gasteiger partial charge on any atom is 0.239 e. The molecule has 0 bridgehead atoms. The number of nitrogens with two attached hydrogens (primary N) is 1. The van der Waals surface area contributed by atoms with Crippen molar-refractivity contribution < 1.29 is 4.79 Å². The molecule has 1 aromatic heterocycles. The highest BCUT2D eigenvalue weighted by atomic mass is 32.1. The van der Waals surface area contributed by atoms with Crippen LogP contribution in [0.2, 0.25) is 0 Å². The quantitative estimate of drug-likeness (QED) is 0.846. The van der Waals surface area contributed by atoms with E-state index in [-0.39, 0.29) is 10.9 Å². The van der Waals surface area contributed by atoms with Crippen molar-refractivity contribution in [1.29, 1.82) is 0 Å². The van der Waals surface area contributed by atoms with Crippen molar-refractivity contribution in [3.05, 3.63) is 59.8 Å². The van der Waals surface area contributed by atoms with Crippen LogP contribution in [-0.4, -0.2) is 15.9 Å². The van der Waals surface area contributed by atoms with E-state index < -0.39 is 5.92 Å². The zero-order valence-corrected chi connectivity index (χ0v) is 11.9. The lowest BCUT2D eigenvalue weighted by Crippen LogP contribution is -2.31. The summed E-state index contributed by atoms with van der Waals surface area (Å²) in [6.45, 7) is 1.88. The Morgan fingerprint density at radius 2 is 1.95 bits per heavy atom. The number of amides is 1. The van der Waals surface area contributed by atoms with Gasteiger partial charge in [-0.05, 0) is 24.1 Å². The summed E-state index contributed by atoms with van der Waals surface area (Å²) < 4.78 is 0. The molecule has 3 N–H and O–H groups in total. The van der Waals surface area contributed by atoms with Crippen molar-refractivity contribution in [1.82, 2.24) is 4.98 Å². The van der Waals surface area contributed by atoms with Crippen molar-refractivity contribution >= 4 is 28.9 Å². The molecule has 20 heavy (non-hydrogen) atoms. The fourth-order valence-electron chi connectivity index (χ4n) is 1.90. The highest BCUT2D eigenvalue weighted by Gasteiger charge is 2.24. The molecule has 0 aliphatic heterocycles. The van der Waals surface area contributed by atoms with E-state index in [1.54, 1.807) is 6.20 Å². The zero-order valence-electron chi connectivity index (χ0n) is 11.0. The van der Waals surface area contributed by atoms with E-state index in [2.05, 4.69) is 10.3 Å². The van der Waals surface area contributed by atoms with Gasteiger partial charge in [0.2, 0.25) is 5.91 Å². The van der Waals surface area contributed by atoms with Crippen molar-refractivity contribution in [2.45, 2.75) is 12.8 Å². The summed E-state index contributed by atoms with van der Waals surface area (Å²) in [6, 6.07) is 12.9. The Kier molecular flexibility index (Phi) is 4.42. The van der Waals surface area contributed by atoms with Gasteiger partial charge in [-0.1, -0.05) is 48.6 Å². The van der Waals surface area contributed by atoms with Crippen LogP contribution >= 0.6 is 12.2 Å². The first-order valence-electron chi connectivity index (χ1n) is 6.16. The van der Waals surface area contributed by atoms with Gasteiger partial charge in [0.1, 0.15) is 11.7 Å². The van der Waals surface area contributed by atoms with Gasteiger partial charge >= 0.3 is 0 Å². The van der Waals surface area contributed by atoms with E-state index in [1.165, 1.54) is 0 Å². The number of benzene rings is 1. The molecule has 1 atom stereocenters. The van der Waals surface area contributed by atoms with Crippen molar-refractivity contribution in [2.75, 3.05) is 5.32 Å². The third-order valence-corrected chi connectivity index (χ3v) is 3.17. The van der Waals surface area contributed by atoms with Gasteiger partial charge in [0, 0.05) is 6.20 Å². The van der Waals surface area contributed by atoms with Crippen LogP contribution in [0.1, 0.15) is 17.0 Å². The molecular weight excluding hydrogens is 270 g/mol.